The standard InChI is InChI=1S/C17H13F2N3O3/c1-10-20-16(25-22-10)9-24-13-5-3-12(4-6-13)21-17(23)14-8-11(18)2-7-15(14)19/h2-8H,9H2,1H3,(H,21,23). The van der Waals surface area contributed by atoms with Gasteiger partial charge in [0.2, 0.25) is 0 Å². The molecule has 8 heteroatoms. The molecule has 2 aromatic carbocycles. The number of aromatic nitrogens is 2. The Balaban J connectivity index is 1.62. The average Bonchev–Trinajstić information content (AvgIpc) is 3.02. The Morgan fingerprint density at radius 2 is 1.96 bits per heavy atom. The Kier molecular flexibility index (Phi) is 4.69. The van der Waals surface area contributed by atoms with E-state index in [9.17, 15) is 13.6 Å². The lowest BCUT2D eigenvalue weighted by molar-refractivity contribution is 0.102. The van der Waals surface area contributed by atoms with Gasteiger partial charge in [-0.2, -0.15) is 4.98 Å². The van der Waals surface area contributed by atoms with Gasteiger partial charge in [-0.3, -0.25) is 4.79 Å². The summed E-state index contributed by atoms with van der Waals surface area (Å²) in [5, 5.41) is 6.14. The molecule has 25 heavy (non-hydrogen) atoms. The maximum Gasteiger partial charge on any atom is 0.264 e. The number of aryl methyl sites for hydroxylation is 1. The topological polar surface area (TPSA) is 77.3 Å². The van der Waals surface area contributed by atoms with Crippen LogP contribution in [0.4, 0.5) is 14.5 Å². The third-order valence-electron chi connectivity index (χ3n) is 3.22. The monoisotopic (exact) mass is 345 g/mol. The summed E-state index contributed by atoms with van der Waals surface area (Å²) < 4.78 is 37.1. The van der Waals surface area contributed by atoms with E-state index in [0.717, 1.165) is 18.2 Å². The van der Waals surface area contributed by atoms with Crippen molar-refractivity contribution in [1.82, 2.24) is 10.1 Å². The number of benzene rings is 2. The van der Waals surface area contributed by atoms with Crippen LogP contribution in [0.15, 0.2) is 47.0 Å². The first kappa shape index (κ1) is 16.6. The van der Waals surface area contributed by atoms with Crippen molar-refractivity contribution in [3.05, 3.63) is 71.4 Å². The van der Waals surface area contributed by atoms with Crippen molar-refractivity contribution >= 4 is 11.6 Å². The minimum Gasteiger partial charge on any atom is -0.484 e. The largest absolute Gasteiger partial charge is 0.484 e. The molecule has 0 saturated heterocycles. The maximum atomic E-state index is 13.6. The molecule has 0 saturated carbocycles. The lowest BCUT2D eigenvalue weighted by Gasteiger charge is -2.08. The predicted molar refractivity (Wildman–Crippen MR) is 84.1 cm³/mol. The van der Waals surface area contributed by atoms with Gasteiger partial charge in [-0.1, -0.05) is 5.16 Å². The zero-order valence-corrected chi connectivity index (χ0v) is 13.1. The molecule has 1 amide bonds. The summed E-state index contributed by atoms with van der Waals surface area (Å²) in [6.07, 6.45) is 0. The van der Waals surface area contributed by atoms with Crippen LogP contribution in [0.1, 0.15) is 22.1 Å². The van der Waals surface area contributed by atoms with Crippen molar-refractivity contribution in [2.45, 2.75) is 13.5 Å². The Bertz CT molecular complexity index is 894. The van der Waals surface area contributed by atoms with Crippen molar-refractivity contribution in [3.63, 3.8) is 0 Å². The Morgan fingerprint density at radius 3 is 2.64 bits per heavy atom. The molecule has 0 atom stereocenters. The third kappa shape index (κ3) is 4.17. The first-order valence-corrected chi connectivity index (χ1v) is 7.30. The number of amides is 1. The Morgan fingerprint density at radius 1 is 1.20 bits per heavy atom. The van der Waals surface area contributed by atoms with Crippen LogP contribution in [-0.4, -0.2) is 16.0 Å². The highest BCUT2D eigenvalue weighted by Gasteiger charge is 2.13. The number of hydrogen-bond donors (Lipinski definition) is 1. The normalized spacial score (nSPS) is 10.5. The highest BCUT2D eigenvalue weighted by molar-refractivity contribution is 6.04. The van der Waals surface area contributed by atoms with E-state index in [1.165, 1.54) is 0 Å². The molecule has 0 aliphatic carbocycles. The van der Waals surface area contributed by atoms with Crippen molar-refractivity contribution < 1.29 is 22.8 Å². The van der Waals surface area contributed by atoms with E-state index in [2.05, 4.69) is 15.5 Å². The number of carbonyl (C=O) groups is 1. The summed E-state index contributed by atoms with van der Waals surface area (Å²) in [6.45, 7) is 1.81. The van der Waals surface area contributed by atoms with Gasteiger partial charge in [0.15, 0.2) is 12.4 Å². The van der Waals surface area contributed by atoms with E-state index < -0.39 is 17.5 Å². The van der Waals surface area contributed by atoms with Crippen LogP contribution in [0, 0.1) is 18.6 Å². The minimum atomic E-state index is -0.797. The van der Waals surface area contributed by atoms with Crippen LogP contribution in [-0.2, 0) is 6.61 Å². The maximum absolute atomic E-state index is 13.6. The summed E-state index contributed by atoms with van der Waals surface area (Å²) in [6, 6.07) is 9.06. The van der Waals surface area contributed by atoms with Crippen molar-refractivity contribution in [2.24, 2.45) is 0 Å². The van der Waals surface area contributed by atoms with E-state index in [-0.39, 0.29) is 12.2 Å². The van der Waals surface area contributed by atoms with Gasteiger partial charge in [0.1, 0.15) is 17.4 Å². The van der Waals surface area contributed by atoms with Gasteiger partial charge in [0.25, 0.3) is 11.8 Å². The van der Waals surface area contributed by atoms with E-state index in [0.29, 0.717) is 23.2 Å². The second-order valence-corrected chi connectivity index (χ2v) is 5.13. The van der Waals surface area contributed by atoms with Crippen LogP contribution in [0.5, 0.6) is 5.75 Å². The number of hydrogen-bond acceptors (Lipinski definition) is 5. The van der Waals surface area contributed by atoms with E-state index >= 15 is 0 Å². The third-order valence-corrected chi connectivity index (χ3v) is 3.22. The molecule has 1 N–H and O–H groups in total. The molecule has 1 heterocycles. The van der Waals surface area contributed by atoms with E-state index in [1.54, 1.807) is 31.2 Å². The molecular weight excluding hydrogens is 332 g/mol. The summed E-state index contributed by atoms with van der Waals surface area (Å²) in [5.74, 6) is -0.851. The second-order valence-electron chi connectivity index (χ2n) is 5.13. The fourth-order valence-electron chi connectivity index (χ4n) is 2.05. The van der Waals surface area contributed by atoms with Gasteiger partial charge in [-0.15, -0.1) is 0 Å². The summed E-state index contributed by atoms with van der Waals surface area (Å²) in [7, 11) is 0. The molecule has 0 aliphatic rings. The molecule has 0 fully saturated rings. The quantitative estimate of drug-likeness (QED) is 0.766. The molecular formula is C17H13F2N3O3. The smallest absolute Gasteiger partial charge is 0.264 e. The fourth-order valence-corrected chi connectivity index (χ4v) is 2.05. The molecule has 0 bridgehead atoms. The highest BCUT2D eigenvalue weighted by Crippen LogP contribution is 2.18. The zero-order chi connectivity index (χ0) is 17.8. The van der Waals surface area contributed by atoms with E-state index in [1.807, 2.05) is 0 Å². The van der Waals surface area contributed by atoms with Gasteiger partial charge in [-0.25, -0.2) is 8.78 Å². The number of nitrogens with one attached hydrogen (secondary N) is 1. The van der Waals surface area contributed by atoms with Crippen LogP contribution in [0.25, 0.3) is 0 Å². The number of carbonyl (C=O) groups excluding carboxylic acids is 1. The number of anilines is 1. The van der Waals surface area contributed by atoms with Crippen LogP contribution in [0.3, 0.4) is 0 Å². The van der Waals surface area contributed by atoms with Gasteiger partial charge in [0, 0.05) is 5.69 Å². The fraction of sp³-hybridized carbons (Fsp3) is 0.118. The van der Waals surface area contributed by atoms with Crippen LogP contribution in [0.2, 0.25) is 0 Å². The molecule has 6 nitrogen and oxygen atoms in total. The lowest BCUT2D eigenvalue weighted by atomic mass is 10.2. The number of halogens is 2. The van der Waals surface area contributed by atoms with Gasteiger partial charge >= 0.3 is 0 Å². The zero-order valence-electron chi connectivity index (χ0n) is 13.1. The Hall–Kier alpha value is -3.29. The van der Waals surface area contributed by atoms with E-state index in [4.69, 9.17) is 9.26 Å². The molecule has 0 aliphatic heterocycles. The molecule has 0 radical (unpaired) electrons. The van der Waals surface area contributed by atoms with Crippen LogP contribution < -0.4 is 10.1 Å². The molecule has 0 spiro atoms. The van der Waals surface area contributed by atoms with Gasteiger partial charge < -0.3 is 14.6 Å². The summed E-state index contributed by atoms with van der Waals surface area (Å²) >= 11 is 0. The first-order chi connectivity index (χ1) is 12.0. The molecule has 1 aromatic heterocycles. The number of nitrogens with zero attached hydrogens (tertiary/aromatic N) is 2. The second kappa shape index (κ2) is 7.08. The Labute approximate surface area is 141 Å². The molecule has 0 unspecified atom stereocenters. The SMILES string of the molecule is Cc1noc(COc2ccc(NC(=O)c3cc(F)ccc3F)cc2)n1. The average molecular weight is 345 g/mol. The predicted octanol–water partition coefficient (Wildman–Crippen LogP) is 3.49. The summed E-state index contributed by atoms with van der Waals surface area (Å²) in [5.41, 5.74) is 0.0433. The molecule has 3 aromatic rings. The highest BCUT2D eigenvalue weighted by atomic mass is 19.1. The molecule has 128 valence electrons. The van der Waals surface area contributed by atoms with Crippen molar-refractivity contribution in [2.75, 3.05) is 5.32 Å². The summed E-state index contributed by atoms with van der Waals surface area (Å²) in [4.78, 5) is 16.0. The molecule has 3 rings (SSSR count). The number of rotatable bonds is 5. The lowest BCUT2D eigenvalue weighted by Crippen LogP contribution is -2.14. The first-order valence-electron chi connectivity index (χ1n) is 7.30. The number of ether oxygens (including phenoxy) is 1. The van der Waals surface area contributed by atoms with Crippen molar-refractivity contribution in [3.8, 4) is 5.75 Å². The van der Waals surface area contributed by atoms with Crippen molar-refractivity contribution in [1.29, 1.82) is 0 Å². The van der Waals surface area contributed by atoms with Crippen LogP contribution >= 0.6 is 0 Å². The minimum absolute atomic E-state index is 0.112. The van der Waals surface area contributed by atoms with Gasteiger partial charge in [0.05, 0.1) is 5.56 Å². The van der Waals surface area contributed by atoms with Gasteiger partial charge in [-0.05, 0) is 49.4 Å².